The molecule has 2 aliphatic rings. The first-order valence-corrected chi connectivity index (χ1v) is 10.4. The van der Waals surface area contributed by atoms with E-state index in [0.717, 1.165) is 18.7 Å². The van der Waals surface area contributed by atoms with Crippen molar-refractivity contribution in [1.82, 2.24) is 4.90 Å². The Bertz CT molecular complexity index is 720. The molecule has 1 aromatic rings. The second kappa shape index (κ2) is 6.94. The molecule has 1 N–H and O–H groups in total. The average molecular weight is 368 g/mol. The highest BCUT2D eigenvalue weighted by Gasteiger charge is 2.49. The fourth-order valence-corrected chi connectivity index (χ4v) is 5.62. The number of hydrogen-bond acceptors (Lipinski definition) is 2. The van der Waals surface area contributed by atoms with Gasteiger partial charge in [0.1, 0.15) is 5.60 Å². The summed E-state index contributed by atoms with van der Waals surface area (Å²) in [7, 11) is 0. The van der Waals surface area contributed by atoms with E-state index in [1.807, 2.05) is 30.3 Å². The van der Waals surface area contributed by atoms with Gasteiger partial charge in [0.25, 0.3) is 0 Å². The number of rotatable bonds is 3. The molecule has 1 aliphatic heterocycles. The number of aliphatic hydroxyl groups is 1. The zero-order chi connectivity index (χ0) is 19.9. The predicted molar refractivity (Wildman–Crippen MR) is 113 cm³/mol. The molecule has 148 valence electrons. The minimum absolute atomic E-state index is 0.273. The number of fused-ring (bicyclic) bond motifs is 2. The van der Waals surface area contributed by atoms with Crippen LogP contribution < -0.4 is 0 Å². The minimum atomic E-state index is -0.934. The van der Waals surface area contributed by atoms with Gasteiger partial charge >= 0.3 is 0 Å². The Kier molecular flexibility index (Phi) is 5.26. The predicted octanol–water partition coefficient (Wildman–Crippen LogP) is 5.21. The molecular formula is C25H37NO. The summed E-state index contributed by atoms with van der Waals surface area (Å²) in [6, 6.07) is 10.7. The molecule has 3 rings (SSSR count). The van der Waals surface area contributed by atoms with Crippen molar-refractivity contribution in [3.8, 4) is 11.8 Å². The molecule has 1 saturated carbocycles. The van der Waals surface area contributed by atoms with E-state index in [-0.39, 0.29) is 5.41 Å². The highest BCUT2D eigenvalue weighted by molar-refractivity contribution is 5.27. The lowest BCUT2D eigenvalue weighted by Crippen LogP contribution is -2.39. The topological polar surface area (TPSA) is 23.5 Å². The van der Waals surface area contributed by atoms with Crippen molar-refractivity contribution in [2.75, 3.05) is 13.1 Å². The van der Waals surface area contributed by atoms with E-state index in [9.17, 15) is 5.11 Å². The smallest absolute Gasteiger partial charge is 0.105 e. The molecule has 1 aromatic carbocycles. The molecule has 27 heavy (non-hydrogen) atoms. The summed E-state index contributed by atoms with van der Waals surface area (Å²) in [5.74, 6) is 6.73. The Hall–Kier alpha value is -1.30. The second-order valence-corrected chi connectivity index (χ2v) is 11.1. The third-order valence-electron chi connectivity index (χ3n) is 6.77. The highest BCUT2D eigenvalue weighted by atomic mass is 16.3. The molecule has 0 unspecified atom stereocenters. The van der Waals surface area contributed by atoms with Gasteiger partial charge < -0.3 is 5.11 Å². The Morgan fingerprint density at radius 1 is 1.07 bits per heavy atom. The van der Waals surface area contributed by atoms with Gasteiger partial charge in [0, 0.05) is 19.0 Å². The van der Waals surface area contributed by atoms with Crippen LogP contribution in [0.4, 0.5) is 0 Å². The molecule has 1 saturated heterocycles. The summed E-state index contributed by atoms with van der Waals surface area (Å²) >= 11 is 0. The van der Waals surface area contributed by atoms with Gasteiger partial charge in [0.05, 0.1) is 6.54 Å². The Morgan fingerprint density at radius 3 is 2.37 bits per heavy atom. The van der Waals surface area contributed by atoms with Crippen LogP contribution >= 0.6 is 0 Å². The van der Waals surface area contributed by atoms with Gasteiger partial charge in [-0.3, -0.25) is 4.90 Å². The lowest BCUT2D eigenvalue weighted by atomic mass is 9.65. The SMILES string of the molecule is CC1(C)C[C@H]2C[C@](C)(CN2CC#CC[C@](O)(c2ccccc2)C(C)(C)C)C1. The van der Waals surface area contributed by atoms with E-state index in [0.29, 0.717) is 23.3 Å². The van der Waals surface area contributed by atoms with Crippen molar-refractivity contribution >= 4 is 0 Å². The van der Waals surface area contributed by atoms with Crippen molar-refractivity contribution in [3.05, 3.63) is 35.9 Å². The molecule has 2 heteroatoms. The van der Waals surface area contributed by atoms with Gasteiger partial charge in [-0.15, -0.1) is 0 Å². The van der Waals surface area contributed by atoms with Crippen LogP contribution in [0, 0.1) is 28.1 Å². The largest absolute Gasteiger partial charge is 0.384 e. The third-order valence-corrected chi connectivity index (χ3v) is 6.77. The average Bonchev–Trinajstić information content (AvgIpc) is 2.79. The minimum Gasteiger partial charge on any atom is -0.384 e. The standard InChI is InChI=1S/C25H37NO/c1-22(2,3)25(27,20-12-8-7-9-13-20)14-10-11-15-26-19-24(6)17-21(26)16-23(4,5)18-24/h7-9,12-13,21,27H,14-19H2,1-6H3/t21-,24-,25-/m0/s1. The van der Waals surface area contributed by atoms with Crippen LogP contribution in [-0.4, -0.2) is 29.1 Å². The lowest BCUT2D eigenvalue weighted by molar-refractivity contribution is -0.0599. The molecule has 0 amide bonds. The Morgan fingerprint density at radius 2 is 1.74 bits per heavy atom. The number of likely N-dealkylation sites (tertiary alicyclic amines) is 1. The monoisotopic (exact) mass is 367 g/mol. The normalized spacial score (nSPS) is 29.7. The summed E-state index contributed by atoms with van der Waals surface area (Å²) in [6.45, 7) is 15.5. The van der Waals surface area contributed by atoms with E-state index < -0.39 is 5.60 Å². The summed E-state index contributed by atoms with van der Waals surface area (Å²) in [5.41, 5.74) is 0.642. The summed E-state index contributed by atoms with van der Waals surface area (Å²) < 4.78 is 0. The fourth-order valence-electron chi connectivity index (χ4n) is 5.62. The van der Waals surface area contributed by atoms with Crippen LogP contribution in [0.25, 0.3) is 0 Å². The van der Waals surface area contributed by atoms with Crippen LogP contribution in [-0.2, 0) is 5.60 Å². The maximum absolute atomic E-state index is 11.5. The van der Waals surface area contributed by atoms with Crippen LogP contribution in [0.3, 0.4) is 0 Å². The molecular weight excluding hydrogens is 330 g/mol. The number of hydrogen-bond donors (Lipinski definition) is 1. The molecule has 0 radical (unpaired) electrons. The van der Waals surface area contributed by atoms with Crippen molar-refractivity contribution in [2.24, 2.45) is 16.2 Å². The maximum Gasteiger partial charge on any atom is 0.105 e. The molecule has 1 heterocycles. The van der Waals surface area contributed by atoms with E-state index in [2.05, 4.69) is 58.3 Å². The maximum atomic E-state index is 11.5. The van der Waals surface area contributed by atoms with E-state index in [1.165, 1.54) is 19.3 Å². The Labute approximate surface area is 166 Å². The molecule has 2 bridgehead atoms. The molecule has 0 aromatic heterocycles. The van der Waals surface area contributed by atoms with E-state index in [1.54, 1.807) is 0 Å². The summed E-state index contributed by atoms with van der Waals surface area (Å²) in [5, 5.41) is 11.5. The molecule has 1 aliphatic carbocycles. The number of benzene rings is 1. The quantitative estimate of drug-likeness (QED) is 0.741. The van der Waals surface area contributed by atoms with E-state index in [4.69, 9.17) is 0 Å². The first-order chi connectivity index (χ1) is 12.4. The third kappa shape index (κ3) is 4.25. The van der Waals surface area contributed by atoms with Gasteiger partial charge in [-0.1, -0.05) is 83.7 Å². The van der Waals surface area contributed by atoms with Crippen LogP contribution in [0.5, 0.6) is 0 Å². The van der Waals surface area contributed by atoms with Crippen molar-refractivity contribution in [3.63, 3.8) is 0 Å². The van der Waals surface area contributed by atoms with Gasteiger partial charge in [0.15, 0.2) is 0 Å². The second-order valence-electron chi connectivity index (χ2n) is 11.1. The van der Waals surface area contributed by atoms with Crippen LogP contribution in [0.15, 0.2) is 30.3 Å². The molecule has 3 atom stereocenters. The summed E-state index contributed by atoms with van der Waals surface area (Å²) in [6.07, 6.45) is 4.38. The lowest BCUT2D eigenvalue weighted by Gasteiger charge is -2.40. The molecule has 2 nitrogen and oxygen atoms in total. The van der Waals surface area contributed by atoms with Gasteiger partial charge in [-0.05, 0) is 41.1 Å². The zero-order valence-corrected chi connectivity index (χ0v) is 18.1. The Balaban J connectivity index is 1.69. The van der Waals surface area contributed by atoms with E-state index >= 15 is 0 Å². The van der Waals surface area contributed by atoms with Crippen molar-refractivity contribution in [2.45, 2.75) is 78.9 Å². The fraction of sp³-hybridized carbons (Fsp3) is 0.680. The van der Waals surface area contributed by atoms with Crippen LogP contribution in [0.1, 0.15) is 72.8 Å². The van der Waals surface area contributed by atoms with Crippen molar-refractivity contribution in [1.29, 1.82) is 0 Å². The van der Waals surface area contributed by atoms with Gasteiger partial charge in [0.2, 0.25) is 0 Å². The van der Waals surface area contributed by atoms with Gasteiger partial charge in [-0.2, -0.15) is 0 Å². The molecule has 0 spiro atoms. The first-order valence-electron chi connectivity index (χ1n) is 10.4. The van der Waals surface area contributed by atoms with Crippen molar-refractivity contribution < 1.29 is 5.11 Å². The summed E-state index contributed by atoms with van der Waals surface area (Å²) in [4.78, 5) is 2.58. The first kappa shape index (κ1) is 20.4. The molecule has 2 fully saturated rings. The van der Waals surface area contributed by atoms with Gasteiger partial charge in [-0.25, -0.2) is 0 Å². The highest BCUT2D eigenvalue weighted by Crippen LogP contribution is 2.52. The zero-order valence-electron chi connectivity index (χ0n) is 18.1. The number of nitrogens with zero attached hydrogens (tertiary/aromatic N) is 1. The van der Waals surface area contributed by atoms with Crippen LogP contribution in [0.2, 0.25) is 0 Å².